The Hall–Kier alpha value is -1.51. The summed E-state index contributed by atoms with van der Waals surface area (Å²) in [4.78, 5) is 14.6. The van der Waals surface area contributed by atoms with Crippen molar-refractivity contribution in [3.05, 3.63) is 23.8 Å². The highest BCUT2D eigenvalue weighted by Crippen LogP contribution is 2.52. The maximum atomic E-state index is 12.7. The summed E-state index contributed by atoms with van der Waals surface area (Å²) in [6.07, 6.45) is 2.86. The summed E-state index contributed by atoms with van der Waals surface area (Å²) in [5.74, 6) is 1.68. The van der Waals surface area contributed by atoms with Gasteiger partial charge in [-0.15, -0.1) is 0 Å². The van der Waals surface area contributed by atoms with E-state index < -0.39 is 5.60 Å². The van der Waals surface area contributed by atoms with Crippen LogP contribution in [0.2, 0.25) is 0 Å². The topological polar surface area (TPSA) is 29.5 Å². The SMILES string of the molecule is CC(C)N1C(=O)C23CC(Cc4ccc1c(c4)O2)C3. The highest BCUT2D eigenvalue weighted by atomic mass is 16.5. The highest BCUT2D eigenvalue weighted by molar-refractivity contribution is 6.04. The third kappa shape index (κ3) is 1.12. The second-order valence-corrected chi connectivity index (χ2v) is 6.15. The Morgan fingerprint density at radius 1 is 1.39 bits per heavy atom. The van der Waals surface area contributed by atoms with Crippen LogP contribution in [0.1, 0.15) is 32.3 Å². The summed E-state index contributed by atoms with van der Waals surface area (Å²) in [6, 6.07) is 6.49. The summed E-state index contributed by atoms with van der Waals surface area (Å²) < 4.78 is 6.07. The van der Waals surface area contributed by atoms with Crippen molar-refractivity contribution < 1.29 is 9.53 Å². The molecule has 3 aliphatic heterocycles. The first-order valence-electron chi connectivity index (χ1n) is 6.75. The Labute approximate surface area is 107 Å². The highest BCUT2D eigenvalue weighted by Gasteiger charge is 2.58. The fraction of sp³-hybridized carbons (Fsp3) is 0.533. The number of amides is 1. The molecule has 1 spiro atoms. The largest absolute Gasteiger partial charge is 0.475 e. The van der Waals surface area contributed by atoms with Crippen LogP contribution in [0.5, 0.6) is 5.75 Å². The van der Waals surface area contributed by atoms with Crippen molar-refractivity contribution in [2.45, 2.75) is 44.8 Å². The molecular weight excluding hydrogens is 226 g/mol. The van der Waals surface area contributed by atoms with Gasteiger partial charge in [-0.2, -0.15) is 0 Å². The summed E-state index contributed by atoms with van der Waals surface area (Å²) in [7, 11) is 0. The van der Waals surface area contributed by atoms with E-state index >= 15 is 0 Å². The minimum atomic E-state index is -0.541. The van der Waals surface area contributed by atoms with Crippen molar-refractivity contribution in [3.63, 3.8) is 0 Å². The van der Waals surface area contributed by atoms with Crippen molar-refractivity contribution >= 4 is 11.6 Å². The molecule has 1 saturated carbocycles. The number of rotatable bonds is 1. The van der Waals surface area contributed by atoms with Crippen LogP contribution in [0.4, 0.5) is 5.69 Å². The van der Waals surface area contributed by atoms with Crippen LogP contribution in [-0.4, -0.2) is 17.6 Å². The molecule has 4 aliphatic rings. The monoisotopic (exact) mass is 243 g/mol. The van der Waals surface area contributed by atoms with Gasteiger partial charge in [0.1, 0.15) is 5.75 Å². The van der Waals surface area contributed by atoms with Crippen LogP contribution in [0.25, 0.3) is 0 Å². The van der Waals surface area contributed by atoms with E-state index in [1.165, 1.54) is 5.56 Å². The van der Waals surface area contributed by atoms with E-state index in [2.05, 4.69) is 26.0 Å². The molecule has 0 N–H and O–H groups in total. The molecule has 1 aliphatic carbocycles. The van der Waals surface area contributed by atoms with Crippen molar-refractivity contribution in [2.75, 3.05) is 4.90 Å². The number of anilines is 1. The average Bonchev–Trinajstić information content (AvgIpc) is 2.25. The van der Waals surface area contributed by atoms with Gasteiger partial charge in [0, 0.05) is 6.04 Å². The molecule has 3 nitrogen and oxygen atoms in total. The van der Waals surface area contributed by atoms with E-state index in [4.69, 9.17) is 4.74 Å². The van der Waals surface area contributed by atoms with E-state index in [1.807, 2.05) is 11.0 Å². The van der Waals surface area contributed by atoms with Gasteiger partial charge in [0.15, 0.2) is 5.60 Å². The van der Waals surface area contributed by atoms with Crippen molar-refractivity contribution in [1.82, 2.24) is 0 Å². The average molecular weight is 243 g/mol. The molecule has 1 fully saturated rings. The van der Waals surface area contributed by atoms with Crippen LogP contribution in [0, 0.1) is 5.92 Å². The zero-order chi connectivity index (χ0) is 12.5. The van der Waals surface area contributed by atoms with Gasteiger partial charge in [0.05, 0.1) is 5.69 Å². The van der Waals surface area contributed by atoms with E-state index in [9.17, 15) is 4.79 Å². The second kappa shape index (κ2) is 3.08. The van der Waals surface area contributed by atoms with Crippen LogP contribution < -0.4 is 9.64 Å². The Kier molecular flexibility index (Phi) is 1.78. The zero-order valence-corrected chi connectivity index (χ0v) is 10.8. The van der Waals surface area contributed by atoms with Crippen molar-refractivity contribution in [3.8, 4) is 5.75 Å². The number of nitrogens with zero attached hydrogens (tertiary/aromatic N) is 1. The lowest BCUT2D eigenvalue weighted by Crippen LogP contribution is -2.64. The molecule has 0 saturated heterocycles. The standard InChI is InChI=1S/C15H17NO2/c1-9(2)16-12-4-3-10-5-11-7-15(8-11,14(16)17)18-13(12)6-10/h3-4,6,9,11H,5,7-8H2,1-2H3. The van der Waals surface area contributed by atoms with Gasteiger partial charge in [0.25, 0.3) is 5.91 Å². The quantitative estimate of drug-likeness (QED) is 0.758. The lowest BCUT2D eigenvalue weighted by molar-refractivity contribution is -0.150. The third-order valence-electron chi connectivity index (χ3n) is 4.48. The summed E-state index contributed by atoms with van der Waals surface area (Å²) in [5.41, 5.74) is 1.74. The first kappa shape index (κ1) is 10.4. The number of carbonyl (C=O) groups excluding carboxylic acids is 1. The maximum Gasteiger partial charge on any atom is 0.271 e. The minimum absolute atomic E-state index is 0.163. The molecule has 3 heteroatoms. The summed E-state index contributed by atoms with van der Waals surface area (Å²) >= 11 is 0. The number of hydrogen-bond acceptors (Lipinski definition) is 2. The lowest BCUT2D eigenvalue weighted by atomic mass is 9.66. The molecule has 0 aromatic heterocycles. The number of benzene rings is 1. The smallest absolute Gasteiger partial charge is 0.271 e. The zero-order valence-electron chi connectivity index (χ0n) is 10.8. The van der Waals surface area contributed by atoms with E-state index in [1.54, 1.807) is 0 Å². The van der Waals surface area contributed by atoms with Gasteiger partial charge < -0.3 is 9.64 Å². The van der Waals surface area contributed by atoms with Crippen LogP contribution in [0.15, 0.2) is 18.2 Å². The normalized spacial score (nSPS) is 31.8. The number of hydrogen-bond donors (Lipinski definition) is 0. The molecule has 1 aromatic rings. The molecule has 0 atom stereocenters. The van der Waals surface area contributed by atoms with Crippen molar-refractivity contribution in [2.24, 2.45) is 5.92 Å². The van der Waals surface area contributed by atoms with Gasteiger partial charge in [-0.1, -0.05) is 6.07 Å². The molecule has 1 aromatic carbocycles. The summed E-state index contributed by atoms with van der Waals surface area (Å²) in [5, 5.41) is 0. The van der Waals surface area contributed by atoms with E-state index in [-0.39, 0.29) is 11.9 Å². The minimum Gasteiger partial charge on any atom is -0.475 e. The van der Waals surface area contributed by atoms with Gasteiger partial charge in [-0.25, -0.2) is 0 Å². The van der Waals surface area contributed by atoms with Gasteiger partial charge in [-0.3, -0.25) is 4.79 Å². The molecular formula is C15H17NO2. The Balaban J connectivity index is 1.96. The molecule has 3 heterocycles. The lowest BCUT2D eigenvalue weighted by Gasteiger charge is -2.53. The third-order valence-corrected chi connectivity index (χ3v) is 4.48. The van der Waals surface area contributed by atoms with E-state index in [0.717, 1.165) is 30.7 Å². The van der Waals surface area contributed by atoms with Gasteiger partial charge in [-0.05, 0) is 56.7 Å². The molecule has 5 rings (SSSR count). The predicted molar refractivity (Wildman–Crippen MR) is 68.9 cm³/mol. The molecule has 0 unspecified atom stereocenters. The Morgan fingerprint density at radius 3 is 2.89 bits per heavy atom. The van der Waals surface area contributed by atoms with Crippen LogP contribution in [-0.2, 0) is 11.2 Å². The number of ether oxygens (including phenoxy) is 1. The molecule has 0 radical (unpaired) electrons. The molecule has 1 amide bonds. The van der Waals surface area contributed by atoms with Crippen LogP contribution >= 0.6 is 0 Å². The maximum absolute atomic E-state index is 12.7. The Morgan fingerprint density at radius 2 is 2.17 bits per heavy atom. The molecule has 18 heavy (non-hydrogen) atoms. The summed E-state index contributed by atoms with van der Waals surface area (Å²) in [6.45, 7) is 4.13. The van der Waals surface area contributed by atoms with E-state index in [0.29, 0.717) is 5.92 Å². The Bertz CT molecular complexity index is 543. The van der Waals surface area contributed by atoms with Gasteiger partial charge in [0.2, 0.25) is 0 Å². The first-order valence-corrected chi connectivity index (χ1v) is 6.75. The fourth-order valence-corrected chi connectivity index (χ4v) is 3.67. The number of carbonyl (C=O) groups is 1. The van der Waals surface area contributed by atoms with Crippen LogP contribution in [0.3, 0.4) is 0 Å². The second-order valence-electron chi connectivity index (χ2n) is 6.15. The van der Waals surface area contributed by atoms with Crippen molar-refractivity contribution in [1.29, 1.82) is 0 Å². The first-order chi connectivity index (χ1) is 8.59. The predicted octanol–water partition coefficient (Wildman–Crippen LogP) is 2.53. The fourth-order valence-electron chi connectivity index (χ4n) is 3.67. The van der Waals surface area contributed by atoms with Gasteiger partial charge >= 0.3 is 0 Å². The molecule has 4 bridgehead atoms. The molecule has 94 valence electrons.